The van der Waals surface area contributed by atoms with E-state index < -0.39 is 5.97 Å². The number of ether oxygens (including phenoxy) is 1. The number of amides is 1. The quantitative estimate of drug-likeness (QED) is 0.666. The molecule has 2 N–H and O–H groups in total. The second-order valence-electron chi connectivity index (χ2n) is 8.90. The zero-order chi connectivity index (χ0) is 23.2. The van der Waals surface area contributed by atoms with Crippen molar-refractivity contribution in [2.45, 2.75) is 26.2 Å². The lowest BCUT2D eigenvalue weighted by Crippen LogP contribution is -2.39. The summed E-state index contributed by atoms with van der Waals surface area (Å²) >= 11 is 0. The van der Waals surface area contributed by atoms with E-state index in [-0.39, 0.29) is 11.5 Å². The number of rotatable bonds is 7. The summed E-state index contributed by atoms with van der Waals surface area (Å²) in [6.07, 6.45) is 4.75. The van der Waals surface area contributed by atoms with Gasteiger partial charge in [0.2, 0.25) is 0 Å². The van der Waals surface area contributed by atoms with Crippen LogP contribution in [0.5, 0.6) is 0 Å². The molecule has 2 fully saturated rings. The Kier molecular flexibility index (Phi) is 7.57. The van der Waals surface area contributed by atoms with Gasteiger partial charge in [-0.2, -0.15) is 0 Å². The van der Waals surface area contributed by atoms with Crippen molar-refractivity contribution in [1.29, 1.82) is 0 Å². The maximum Gasteiger partial charge on any atom is 0.339 e. The number of hydrogen-bond acceptors (Lipinski definition) is 6. The van der Waals surface area contributed by atoms with Crippen LogP contribution in [0.2, 0.25) is 0 Å². The third kappa shape index (κ3) is 6.09. The standard InChI is InChI=1S/C25H32N4O4/c1-18-3-2-4-20(15-18)24(30)27-21-16-22(25(31)32)23(26-17-21)29-9-6-19(7-10-29)5-8-28-11-13-33-14-12-28/h2-4,15-17,19H,5-14H2,1H3,(H,27,30)(H,31,32). The van der Waals surface area contributed by atoms with Crippen molar-refractivity contribution in [1.82, 2.24) is 9.88 Å². The lowest BCUT2D eigenvalue weighted by Gasteiger charge is -2.35. The number of aryl methyl sites for hydroxylation is 1. The van der Waals surface area contributed by atoms with Crippen LogP contribution < -0.4 is 10.2 Å². The Morgan fingerprint density at radius 3 is 2.61 bits per heavy atom. The molecule has 1 aromatic carbocycles. The minimum atomic E-state index is -1.04. The summed E-state index contributed by atoms with van der Waals surface area (Å²) < 4.78 is 5.42. The minimum Gasteiger partial charge on any atom is -0.478 e. The number of piperidine rings is 1. The third-order valence-corrected chi connectivity index (χ3v) is 6.51. The average molecular weight is 453 g/mol. The fourth-order valence-corrected chi connectivity index (χ4v) is 4.55. The van der Waals surface area contributed by atoms with E-state index in [0.29, 0.717) is 23.0 Å². The number of nitrogens with one attached hydrogen (secondary N) is 1. The fraction of sp³-hybridized carbons (Fsp3) is 0.480. The summed E-state index contributed by atoms with van der Waals surface area (Å²) in [5, 5.41) is 12.6. The molecule has 2 saturated heterocycles. The molecule has 2 aliphatic heterocycles. The molecular weight excluding hydrogens is 420 g/mol. The van der Waals surface area contributed by atoms with Crippen molar-refractivity contribution in [3.05, 3.63) is 53.2 Å². The molecule has 3 heterocycles. The summed E-state index contributed by atoms with van der Waals surface area (Å²) in [7, 11) is 0. The number of aromatic carboxylic acids is 1. The molecule has 2 aliphatic rings. The van der Waals surface area contributed by atoms with Gasteiger partial charge in [0.1, 0.15) is 11.4 Å². The Labute approximate surface area is 194 Å². The molecule has 0 spiro atoms. The van der Waals surface area contributed by atoms with Gasteiger partial charge in [-0.15, -0.1) is 0 Å². The monoisotopic (exact) mass is 452 g/mol. The van der Waals surface area contributed by atoms with E-state index >= 15 is 0 Å². The highest BCUT2D eigenvalue weighted by Crippen LogP contribution is 2.28. The van der Waals surface area contributed by atoms with Crippen molar-refractivity contribution in [2.24, 2.45) is 5.92 Å². The number of hydrogen-bond donors (Lipinski definition) is 2. The van der Waals surface area contributed by atoms with Gasteiger partial charge in [0.15, 0.2) is 0 Å². The number of pyridine rings is 1. The van der Waals surface area contributed by atoms with E-state index in [1.165, 1.54) is 6.07 Å². The van der Waals surface area contributed by atoms with Gasteiger partial charge >= 0.3 is 5.97 Å². The van der Waals surface area contributed by atoms with E-state index in [1.807, 2.05) is 19.1 Å². The number of aromatic nitrogens is 1. The van der Waals surface area contributed by atoms with E-state index in [9.17, 15) is 14.7 Å². The van der Waals surface area contributed by atoms with Crippen molar-refractivity contribution in [2.75, 3.05) is 56.2 Å². The molecule has 0 aliphatic carbocycles. The van der Waals surface area contributed by atoms with Crippen LogP contribution in [-0.4, -0.2) is 72.8 Å². The van der Waals surface area contributed by atoms with Crippen LogP contribution in [0.1, 0.15) is 45.5 Å². The first-order valence-electron chi connectivity index (χ1n) is 11.7. The number of anilines is 2. The summed E-state index contributed by atoms with van der Waals surface area (Å²) in [4.78, 5) is 33.5. The molecule has 2 aromatic rings. The molecule has 0 unspecified atom stereocenters. The first-order valence-corrected chi connectivity index (χ1v) is 11.7. The predicted molar refractivity (Wildman–Crippen MR) is 127 cm³/mol. The van der Waals surface area contributed by atoms with Crippen LogP contribution in [0.4, 0.5) is 11.5 Å². The van der Waals surface area contributed by atoms with Crippen LogP contribution in [0, 0.1) is 12.8 Å². The molecule has 0 saturated carbocycles. The molecule has 0 atom stereocenters. The predicted octanol–water partition coefficient (Wildman–Crippen LogP) is 3.28. The highest BCUT2D eigenvalue weighted by atomic mass is 16.5. The number of carboxylic acids is 1. The Morgan fingerprint density at radius 2 is 1.91 bits per heavy atom. The minimum absolute atomic E-state index is 0.115. The van der Waals surface area contributed by atoms with Gasteiger partial charge in [-0.3, -0.25) is 9.69 Å². The van der Waals surface area contributed by atoms with Gasteiger partial charge in [-0.25, -0.2) is 9.78 Å². The van der Waals surface area contributed by atoms with E-state index in [1.54, 1.807) is 18.3 Å². The molecule has 176 valence electrons. The van der Waals surface area contributed by atoms with Crippen molar-refractivity contribution in [3.63, 3.8) is 0 Å². The summed E-state index contributed by atoms with van der Waals surface area (Å²) in [6.45, 7) is 8.26. The Morgan fingerprint density at radius 1 is 1.15 bits per heavy atom. The number of carbonyl (C=O) groups is 2. The first-order chi connectivity index (χ1) is 16.0. The van der Waals surface area contributed by atoms with Gasteiger partial charge in [-0.05, 0) is 56.8 Å². The van der Waals surface area contributed by atoms with Gasteiger partial charge < -0.3 is 20.1 Å². The van der Waals surface area contributed by atoms with Crippen molar-refractivity contribution < 1.29 is 19.4 Å². The van der Waals surface area contributed by atoms with Gasteiger partial charge in [0, 0.05) is 31.7 Å². The van der Waals surface area contributed by atoms with E-state index in [4.69, 9.17) is 4.74 Å². The lowest BCUT2D eigenvalue weighted by molar-refractivity contribution is 0.0349. The highest BCUT2D eigenvalue weighted by Gasteiger charge is 2.25. The van der Waals surface area contributed by atoms with Crippen molar-refractivity contribution >= 4 is 23.4 Å². The molecule has 33 heavy (non-hydrogen) atoms. The second-order valence-corrected chi connectivity index (χ2v) is 8.90. The van der Waals surface area contributed by atoms with Crippen LogP contribution in [0.25, 0.3) is 0 Å². The topological polar surface area (TPSA) is 95.0 Å². The first kappa shape index (κ1) is 23.2. The molecule has 0 bridgehead atoms. The molecule has 0 radical (unpaired) electrons. The maximum atomic E-state index is 12.5. The molecule has 1 amide bonds. The normalized spacial score (nSPS) is 17.7. The molecule has 8 nitrogen and oxygen atoms in total. The average Bonchev–Trinajstić information content (AvgIpc) is 2.84. The van der Waals surface area contributed by atoms with Crippen LogP contribution in [0.15, 0.2) is 36.5 Å². The van der Waals surface area contributed by atoms with Gasteiger partial charge in [-0.1, -0.05) is 17.7 Å². The van der Waals surface area contributed by atoms with Gasteiger partial charge in [0.05, 0.1) is 25.1 Å². The summed E-state index contributed by atoms with van der Waals surface area (Å²) in [6, 6.07) is 8.76. The summed E-state index contributed by atoms with van der Waals surface area (Å²) in [5.74, 6) is -0.211. The Bertz CT molecular complexity index is 982. The second kappa shape index (κ2) is 10.8. The van der Waals surface area contributed by atoms with E-state index in [0.717, 1.165) is 70.8 Å². The Hall–Kier alpha value is -2.97. The Balaban J connectivity index is 1.36. The molecular formula is C25H32N4O4. The maximum absolute atomic E-state index is 12.5. The zero-order valence-corrected chi connectivity index (χ0v) is 19.1. The number of nitrogens with zero attached hydrogens (tertiary/aromatic N) is 3. The fourth-order valence-electron chi connectivity index (χ4n) is 4.55. The molecule has 1 aromatic heterocycles. The smallest absolute Gasteiger partial charge is 0.339 e. The van der Waals surface area contributed by atoms with Crippen molar-refractivity contribution in [3.8, 4) is 0 Å². The number of carboxylic acid groups (broad SMARTS) is 1. The number of morpholine rings is 1. The van der Waals surface area contributed by atoms with Crippen LogP contribution >= 0.6 is 0 Å². The SMILES string of the molecule is Cc1cccc(C(=O)Nc2cnc(N3CCC(CCN4CCOCC4)CC3)c(C(=O)O)c2)c1. The van der Waals surface area contributed by atoms with Crippen LogP contribution in [-0.2, 0) is 4.74 Å². The number of carbonyl (C=O) groups excluding carboxylic acids is 1. The third-order valence-electron chi connectivity index (χ3n) is 6.51. The summed E-state index contributed by atoms with van der Waals surface area (Å²) in [5.41, 5.74) is 2.00. The van der Waals surface area contributed by atoms with Crippen LogP contribution in [0.3, 0.4) is 0 Å². The molecule has 4 rings (SSSR count). The molecule has 8 heteroatoms. The number of benzene rings is 1. The zero-order valence-electron chi connectivity index (χ0n) is 19.1. The lowest BCUT2D eigenvalue weighted by atomic mass is 9.93. The van der Waals surface area contributed by atoms with Gasteiger partial charge in [0.25, 0.3) is 5.91 Å². The largest absolute Gasteiger partial charge is 0.478 e. The highest BCUT2D eigenvalue weighted by molar-refractivity contribution is 6.05. The van der Waals surface area contributed by atoms with E-state index in [2.05, 4.69) is 20.1 Å².